The lowest BCUT2D eigenvalue weighted by molar-refractivity contribution is 0.0760. The number of rotatable bonds is 5. The molecule has 0 spiro atoms. The van der Waals surface area contributed by atoms with E-state index in [-0.39, 0.29) is 23.4 Å². The van der Waals surface area contributed by atoms with Crippen molar-refractivity contribution in [2.45, 2.75) is 32.1 Å². The van der Waals surface area contributed by atoms with Gasteiger partial charge in [0.1, 0.15) is 0 Å². The van der Waals surface area contributed by atoms with Gasteiger partial charge in [0.2, 0.25) is 5.78 Å². The minimum atomic E-state index is -0.0902. The van der Waals surface area contributed by atoms with Crippen LogP contribution in [-0.4, -0.2) is 11.6 Å². The molecule has 22 heavy (non-hydrogen) atoms. The first-order valence-corrected chi connectivity index (χ1v) is 7.91. The lowest BCUT2D eigenvalue weighted by Crippen LogP contribution is -2.29. The highest BCUT2D eigenvalue weighted by atomic mass is 16.3. The Labute approximate surface area is 130 Å². The molecule has 1 aromatic carbocycles. The number of hydrogen-bond donors (Lipinski definition) is 0. The van der Waals surface area contributed by atoms with E-state index in [9.17, 15) is 9.59 Å². The predicted molar refractivity (Wildman–Crippen MR) is 83.9 cm³/mol. The van der Waals surface area contributed by atoms with E-state index in [0.29, 0.717) is 12.2 Å². The van der Waals surface area contributed by atoms with E-state index in [2.05, 4.69) is 0 Å². The first-order valence-electron chi connectivity index (χ1n) is 7.91. The highest BCUT2D eigenvalue weighted by molar-refractivity contribution is 5.98. The zero-order valence-corrected chi connectivity index (χ0v) is 12.5. The summed E-state index contributed by atoms with van der Waals surface area (Å²) in [5.74, 6) is 0.635. The van der Waals surface area contributed by atoms with Gasteiger partial charge in [-0.2, -0.15) is 0 Å². The molecule has 2 atom stereocenters. The molecule has 1 aliphatic rings. The van der Waals surface area contributed by atoms with Crippen LogP contribution in [0, 0.1) is 11.8 Å². The molecule has 114 valence electrons. The minimum absolute atomic E-state index is 0.0514. The van der Waals surface area contributed by atoms with E-state index in [1.54, 1.807) is 12.1 Å². The SMILES string of the molecule is O=C(C[C@@H]1CCCC[C@H]1C(=O)c1ccco1)c1ccccc1. The van der Waals surface area contributed by atoms with Gasteiger partial charge < -0.3 is 4.42 Å². The lowest BCUT2D eigenvalue weighted by atomic mass is 9.74. The van der Waals surface area contributed by atoms with Crippen LogP contribution >= 0.6 is 0 Å². The maximum absolute atomic E-state index is 12.6. The Morgan fingerprint density at radius 3 is 2.50 bits per heavy atom. The molecule has 0 amide bonds. The predicted octanol–water partition coefficient (Wildman–Crippen LogP) is 4.54. The van der Waals surface area contributed by atoms with Gasteiger partial charge in [-0.1, -0.05) is 43.2 Å². The van der Waals surface area contributed by atoms with Crippen molar-refractivity contribution in [2.75, 3.05) is 0 Å². The van der Waals surface area contributed by atoms with Crippen LogP contribution in [0.2, 0.25) is 0 Å². The number of Topliss-reactive ketones (excluding diaryl/α,β-unsaturated/α-hetero) is 2. The molecule has 3 nitrogen and oxygen atoms in total. The Kier molecular flexibility index (Phi) is 4.52. The quantitative estimate of drug-likeness (QED) is 0.761. The van der Waals surface area contributed by atoms with Crippen molar-refractivity contribution < 1.29 is 14.0 Å². The number of furan rings is 1. The third-order valence-electron chi connectivity index (χ3n) is 4.55. The monoisotopic (exact) mass is 296 g/mol. The molecule has 0 saturated heterocycles. The molecule has 0 aliphatic heterocycles. The third kappa shape index (κ3) is 3.19. The fraction of sp³-hybridized carbons (Fsp3) is 0.368. The molecule has 1 heterocycles. The molecule has 0 bridgehead atoms. The van der Waals surface area contributed by atoms with Crippen molar-refractivity contribution in [3.8, 4) is 0 Å². The summed E-state index contributed by atoms with van der Waals surface area (Å²) < 4.78 is 5.25. The second-order valence-corrected chi connectivity index (χ2v) is 5.99. The van der Waals surface area contributed by atoms with Gasteiger partial charge in [0.15, 0.2) is 11.5 Å². The normalized spacial score (nSPS) is 21.5. The van der Waals surface area contributed by atoms with Gasteiger partial charge in [0, 0.05) is 17.9 Å². The number of ketones is 2. The van der Waals surface area contributed by atoms with E-state index in [1.807, 2.05) is 30.3 Å². The third-order valence-corrected chi connectivity index (χ3v) is 4.55. The van der Waals surface area contributed by atoms with Crippen molar-refractivity contribution in [1.29, 1.82) is 0 Å². The van der Waals surface area contributed by atoms with E-state index in [0.717, 1.165) is 31.2 Å². The minimum Gasteiger partial charge on any atom is -0.461 e. The van der Waals surface area contributed by atoms with Gasteiger partial charge in [-0.25, -0.2) is 0 Å². The van der Waals surface area contributed by atoms with Gasteiger partial charge in [-0.3, -0.25) is 9.59 Å². The number of hydrogen-bond acceptors (Lipinski definition) is 3. The molecule has 1 aliphatic carbocycles. The summed E-state index contributed by atoms with van der Waals surface area (Å²) in [5.41, 5.74) is 0.734. The second-order valence-electron chi connectivity index (χ2n) is 5.99. The Balaban J connectivity index is 1.73. The largest absolute Gasteiger partial charge is 0.461 e. The Morgan fingerprint density at radius 2 is 1.77 bits per heavy atom. The van der Waals surface area contributed by atoms with Gasteiger partial charge in [0.05, 0.1) is 6.26 Å². The van der Waals surface area contributed by atoms with Gasteiger partial charge in [-0.05, 0) is 30.9 Å². The zero-order chi connectivity index (χ0) is 15.4. The summed E-state index contributed by atoms with van der Waals surface area (Å²) in [7, 11) is 0. The summed E-state index contributed by atoms with van der Waals surface area (Å²) in [6, 6.07) is 12.8. The van der Waals surface area contributed by atoms with Crippen LogP contribution in [0.4, 0.5) is 0 Å². The van der Waals surface area contributed by atoms with Crippen molar-refractivity contribution in [2.24, 2.45) is 11.8 Å². The summed E-state index contributed by atoms with van der Waals surface area (Å²) >= 11 is 0. The molecule has 1 saturated carbocycles. The molecule has 1 fully saturated rings. The zero-order valence-electron chi connectivity index (χ0n) is 12.5. The van der Waals surface area contributed by atoms with E-state index in [1.165, 1.54) is 6.26 Å². The Hall–Kier alpha value is -2.16. The van der Waals surface area contributed by atoms with Crippen LogP contribution in [0.15, 0.2) is 53.1 Å². The molecule has 3 rings (SSSR count). The van der Waals surface area contributed by atoms with Gasteiger partial charge >= 0.3 is 0 Å². The first-order chi connectivity index (χ1) is 10.8. The molecule has 3 heteroatoms. The fourth-order valence-electron chi connectivity index (χ4n) is 3.38. The molecule has 0 N–H and O–H groups in total. The smallest absolute Gasteiger partial charge is 0.201 e. The highest BCUT2D eigenvalue weighted by Crippen LogP contribution is 2.35. The first kappa shape index (κ1) is 14.8. The van der Waals surface area contributed by atoms with Crippen molar-refractivity contribution >= 4 is 11.6 Å². The summed E-state index contributed by atoms with van der Waals surface area (Å²) in [6.45, 7) is 0. The molecule has 2 aromatic rings. The molecule has 1 aromatic heterocycles. The van der Waals surface area contributed by atoms with E-state index >= 15 is 0 Å². The van der Waals surface area contributed by atoms with Crippen LogP contribution < -0.4 is 0 Å². The van der Waals surface area contributed by atoms with E-state index in [4.69, 9.17) is 4.42 Å². The maximum atomic E-state index is 12.6. The Morgan fingerprint density at radius 1 is 1.00 bits per heavy atom. The van der Waals surface area contributed by atoms with Gasteiger partial charge in [0.25, 0.3) is 0 Å². The van der Waals surface area contributed by atoms with E-state index < -0.39 is 0 Å². The Bertz CT molecular complexity index is 628. The number of benzene rings is 1. The van der Waals surface area contributed by atoms with Crippen LogP contribution in [0.1, 0.15) is 53.0 Å². The van der Waals surface area contributed by atoms with Crippen molar-refractivity contribution in [3.05, 3.63) is 60.1 Å². The van der Waals surface area contributed by atoms with Crippen LogP contribution in [0.5, 0.6) is 0 Å². The average molecular weight is 296 g/mol. The van der Waals surface area contributed by atoms with Crippen molar-refractivity contribution in [1.82, 2.24) is 0 Å². The summed E-state index contributed by atoms with van der Waals surface area (Å²) in [6.07, 6.45) is 5.91. The number of carbonyl (C=O) groups excluding carboxylic acids is 2. The van der Waals surface area contributed by atoms with Crippen LogP contribution in [0.3, 0.4) is 0 Å². The fourth-order valence-corrected chi connectivity index (χ4v) is 3.38. The topological polar surface area (TPSA) is 47.3 Å². The standard InChI is InChI=1S/C19H20O3/c20-17(14-7-2-1-3-8-14)13-15-9-4-5-10-16(15)19(21)18-11-6-12-22-18/h1-3,6-8,11-12,15-16H,4-5,9-10,13H2/t15-,16+/m0/s1. The lowest BCUT2D eigenvalue weighted by Gasteiger charge is -2.29. The second kappa shape index (κ2) is 6.73. The molecular formula is C19H20O3. The van der Waals surface area contributed by atoms with Gasteiger partial charge in [-0.15, -0.1) is 0 Å². The average Bonchev–Trinajstić information content (AvgIpc) is 3.10. The molecule has 0 radical (unpaired) electrons. The van der Waals surface area contributed by atoms with Crippen LogP contribution in [-0.2, 0) is 0 Å². The van der Waals surface area contributed by atoms with Crippen molar-refractivity contribution in [3.63, 3.8) is 0 Å². The van der Waals surface area contributed by atoms with Crippen LogP contribution in [0.25, 0.3) is 0 Å². The number of carbonyl (C=O) groups is 2. The summed E-state index contributed by atoms with van der Waals surface area (Å²) in [5, 5.41) is 0. The molecular weight excluding hydrogens is 276 g/mol. The summed E-state index contributed by atoms with van der Waals surface area (Å²) in [4.78, 5) is 25.0. The maximum Gasteiger partial charge on any atom is 0.201 e. The highest BCUT2D eigenvalue weighted by Gasteiger charge is 2.34. The molecule has 0 unspecified atom stereocenters.